The summed E-state index contributed by atoms with van der Waals surface area (Å²) in [7, 11) is 2.34. The summed E-state index contributed by atoms with van der Waals surface area (Å²) < 4.78 is 6.44. The molecule has 0 amide bonds. The van der Waals surface area contributed by atoms with Gasteiger partial charge in [-0.2, -0.15) is 0 Å². The molecule has 0 radical (unpaired) electrons. The topological polar surface area (TPSA) is 24.5 Å². The van der Waals surface area contributed by atoms with Crippen LogP contribution in [0.5, 0.6) is 0 Å². The van der Waals surface area contributed by atoms with Gasteiger partial charge in [0.1, 0.15) is 0 Å². The maximum absolute atomic E-state index is 6.44. The molecule has 1 N–H and O–H groups in total. The third-order valence-electron chi connectivity index (χ3n) is 6.83. The van der Waals surface area contributed by atoms with E-state index in [0.717, 1.165) is 24.7 Å². The average molecular weight is 292 g/mol. The molecule has 3 nitrogen and oxygen atoms in total. The van der Waals surface area contributed by atoms with Crippen LogP contribution in [-0.4, -0.2) is 48.3 Å². The monoisotopic (exact) mass is 292 g/mol. The first-order valence-corrected chi connectivity index (χ1v) is 9.37. The lowest BCUT2D eigenvalue weighted by Crippen LogP contribution is -2.55. The number of nitrogens with zero attached hydrogens (tertiary/aromatic N) is 1. The minimum atomic E-state index is 0.301. The van der Waals surface area contributed by atoms with Gasteiger partial charge in [-0.15, -0.1) is 0 Å². The van der Waals surface area contributed by atoms with Gasteiger partial charge >= 0.3 is 0 Å². The molecular weight excluding hydrogens is 260 g/mol. The van der Waals surface area contributed by atoms with Crippen LogP contribution in [-0.2, 0) is 4.74 Å². The first-order chi connectivity index (χ1) is 10.2. The predicted molar refractivity (Wildman–Crippen MR) is 85.5 cm³/mol. The van der Waals surface area contributed by atoms with Gasteiger partial charge in [-0.25, -0.2) is 0 Å². The Labute approximate surface area is 129 Å². The summed E-state index contributed by atoms with van der Waals surface area (Å²) in [5.74, 6) is 0. The van der Waals surface area contributed by atoms with Crippen LogP contribution in [0, 0.1) is 0 Å². The molecule has 4 rings (SSSR count). The molecule has 3 atom stereocenters. The van der Waals surface area contributed by atoms with E-state index in [0.29, 0.717) is 11.7 Å². The summed E-state index contributed by atoms with van der Waals surface area (Å²) in [6.07, 6.45) is 15.5. The van der Waals surface area contributed by atoms with Gasteiger partial charge in [0.05, 0.1) is 11.7 Å². The molecule has 0 aromatic heterocycles. The lowest BCUT2D eigenvalue weighted by atomic mass is 9.82. The zero-order valence-electron chi connectivity index (χ0n) is 13.7. The van der Waals surface area contributed by atoms with Crippen molar-refractivity contribution in [3.05, 3.63) is 0 Å². The molecule has 3 aliphatic heterocycles. The largest absolute Gasteiger partial charge is 0.370 e. The van der Waals surface area contributed by atoms with Crippen molar-refractivity contribution in [1.29, 1.82) is 0 Å². The molecule has 1 saturated carbocycles. The number of ether oxygens (including phenoxy) is 1. The third kappa shape index (κ3) is 2.89. The third-order valence-corrected chi connectivity index (χ3v) is 6.83. The SMILES string of the molecule is CN1C2CCCC1CC(NCC1CCC3(CCCC3)O1)C2. The molecule has 0 aromatic rings. The summed E-state index contributed by atoms with van der Waals surface area (Å²) in [6, 6.07) is 2.40. The maximum atomic E-state index is 6.44. The Hall–Kier alpha value is -0.120. The Morgan fingerprint density at radius 1 is 1.00 bits per heavy atom. The summed E-state index contributed by atoms with van der Waals surface area (Å²) in [5, 5.41) is 3.87. The highest BCUT2D eigenvalue weighted by Crippen LogP contribution is 2.43. The van der Waals surface area contributed by atoms with E-state index in [1.807, 2.05) is 0 Å². The molecule has 3 heterocycles. The van der Waals surface area contributed by atoms with Crippen LogP contribution in [0.1, 0.15) is 70.6 Å². The quantitative estimate of drug-likeness (QED) is 0.865. The Balaban J connectivity index is 1.26. The number of piperidine rings is 2. The van der Waals surface area contributed by atoms with Crippen LogP contribution in [0.15, 0.2) is 0 Å². The molecule has 1 aliphatic carbocycles. The molecule has 0 aromatic carbocycles. The van der Waals surface area contributed by atoms with E-state index in [9.17, 15) is 0 Å². The molecule has 4 fully saturated rings. The van der Waals surface area contributed by atoms with Crippen molar-refractivity contribution in [1.82, 2.24) is 10.2 Å². The van der Waals surface area contributed by atoms with Crippen molar-refractivity contribution in [2.24, 2.45) is 0 Å². The highest BCUT2D eigenvalue weighted by atomic mass is 16.5. The van der Waals surface area contributed by atoms with Crippen LogP contribution in [0.4, 0.5) is 0 Å². The number of hydrogen-bond acceptors (Lipinski definition) is 3. The molecule has 3 heteroatoms. The summed E-state index contributed by atoms with van der Waals surface area (Å²) in [4.78, 5) is 2.65. The number of hydrogen-bond donors (Lipinski definition) is 1. The van der Waals surface area contributed by atoms with Crippen LogP contribution in [0.25, 0.3) is 0 Å². The molecular formula is C18H32N2O. The Kier molecular flexibility index (Phi) is 4.01. The standard InChI is InChI=1S/C18H32N2O/c1-20-15-5-4-6-16(20)12-14(11-15)19-13-17-7-10-18(21-17)8-2-3-9-18/h14-17,19H,2-13H2,1H3. The van der Waals surface area contributed by atoms with Gasteiger partial charge in [-0.3, -0.25) is 0 Å². The summed E-state index contributed by atoms with van der Waals surface area (Å²) in [6.45, 7) is 1.09. The van der Waals surface area contributed by atoms with Crippen LogP contribution >= 0.6 is 0 Å². The smallest absolute Gasteiger partial charge is 0.0708 e. The molecule has 2 bridgehead atoms. The van der Waals surface area contributed by atoms with Crippen molar-refractivity contribution >= 4 is 0 Å². The number of rotatable bonds is 3. The fourth-order valence-electron chi connectivity index (χ4n) is 5.51. The second-order valence-corrected chi connectivity index (χ2v) is 8.15. The van der Waals surface area contributed by atoms with Crippen LogP contribution in [0.2, 0.25) is 0 Å². The van der Waals surface area contributed by atoms with Crippen molar-refractivity contribution in [2.75, 3.05) is 13.6 Å². The molecule has 120 valence electrons. The van der Waals surface area contributed by atoms with Crippen molar-refractivity contribution < 1.29 is 4.74 Å². The first-order valence-electron chi connectivity index (χ1n) is 9.37. The molecule has 21 heavy (non-hydrogen) atoms. The first kappa shape index (κ1) is 14.5. The van der Waals surface area contributed by atoms with E-state index >= 15 is 0 Å². The van der Waals surface area contributed by atoms with E-state index in [1.54, 1.807) is 0 Å². The zero-order valence-corrected chi connectivity index (χ0v) is 13.7. The summed E-state index contributed by atoms with van der Waals surface area (Å²) >= 11 is 0. The average Bonchev–Trinajstić information content (AvgIpc) is 3.08. The highest BCUT2D eigenvalue weighted by molar-refractivity contribution is 4.96. The molecule has 1 spiro atoms. The second-order valence-electron chi connectivity index (χ2n) is 8.15. The van der Waals surface area contributed by atoms with Crippen molar-refractivity contribution in [3.8, 4) is 0 Å². The normalized spacial score (nSPS) is 42.7. The van der Waals surface area contributed by atoms with E-state index in [-0.39, 0.29) is 0 Å². The van der Waals surface area contributed by atoms with E-state index < -0.39 is 0 Å². The fraction of sp³-hybridized carbons (Fsp3) is 1.00. The van der Waals surface area contributed by atoms with Gasteiger partial charge < -0.3 is 15.0 Å². The van der Waals surface area contributed by atoms with Gasteiger partial charge in [0, 0.05) is 24.7 Å². The van der Waals surface area contributed by atoms with Gasteiger partial charge in [0.25, 0.3) is 0 Å². The van der Waals surface area contributed by atoms with E-state index in [2.05, 4.69) is 17.3 Å². The van der Waals surface area contributed by atoms with Gasteiger partial charge in [0.2, 0.25) is 0 Å². The fourth-order valence-corrected chi connectivity index (χ4v) is 5.51. The molecule has 4 aliphatic rings. The lowest BCUT2D eigenvalue weighted by molar-refractivity contribution is -0.0379. The Morgan fingerprint density at radius 2 is 1.71 bits per heavy atom. The van der Waals surface area contributed by atoms with Gasteiger partial charge in [0.15, 0.2) is 0 Å². The Morgan fingerprint density at radius 3 is 2.43 bits per heavy atom. The number of fused-ring (bicyclic) bond motifs is 2. The van der Waals surface area contributed by atoms with Gasteiger partial charge in [-0.1, -0.05) is 19.3 Å². The van der Waals surface area contributed by atoms with Crippen LogP contribution < -0.4 is 5.32 Å². The van der Waals surface area contributed by atoms with Crippen molar-refractivity contribution in [2.45, 2.75) is 100 Å². The Bertz CT molecular complexity index is 352. The molecule has 3 saturated heterocycles. The maximum Gasteiger partial charge on any atom is 0.0708 e. The van der Waals surface area contributed by atoms with Crippen molar-refractivity contribution in [3.63, 3.8) is 0 Å². The molecule has 3 unspecified atom stereocenters. The number of nitrogens with one attached hydrogen (secondary N) is 1. The minimum absolute atomic E-state index is 0.301. The van der Waals surface area contributed by atoms with E-state index in [4.69, 9.17) is 4.74 Å². The highest BCUT2D eigenvalue weighted by Gasteiger charge is 2.42. The second kappa shape index (κ2) is 5.82. The minimum Gasteiger partial charge on any atom is -0.370 e. The van der Waals surface area contributed by atoms with Crippen LogP contribution in [0.3, 0.4) is 0 Å². The predicted octanol–water partition coefficient (Wildman–Crippen LogP) is 3.08. The van der Waals surface area contributed by atoms with Gasteiger partial charge in [-0.05, 0) is 58.4 Å². The lowest BCUT2D eigenvalue weighted by Gasteiger charge is -2.47. The van der Waals surface area contributed by atoms with E-state index in [1.165, 1.54) is 70.6 Å². The zero-order chi connectivity index (χ0) is 14.3. The summed E-state index contributed by atoms with van der Waals surface area (Å²) in [5.41, 5.74) is 0.301.